The molecule has 2 atom stereocenters. The van der Waals surface area contributed by atoms with Gasteiger partial charge in [0, 0.05) is 19.5 Å². The number of anilines is 2. The molecule has 6 nitrogen and oxygen atoms in total. The van der Waals surface area contributed by atoms with Crippen molar-refractivity contribution >= 4 is 28.2 Å². The van der Waals surface area contributed by atoms with Gasteiger partial charge in [0.2, 0.25) is 0 Å². The molecule has 106 valence electrons. The lowest BCUT2D eigenvalue weighted by molar-refractivity contribution is 0.0664. The summed E-state index contributed by atoms with van der Waals surface area (Å²) in [6.45, 7) is 0.492. The molecule has 1 heterocycles. The van der Waals surface area contributed by atoms with Gasteiger partial charge in [0.05, 0.1) is 6.10 Å². The first-order valence-corrected chi connectivity index (χ1v) is 7.33. The fourth-order valence-electron chi connectivity index (χ4n) is 2.33. The van der Waals surface area contributed by atoms with Crippen molar-refractivity contribution in [3.8, 4) is 0 Å². The molecule has 0 radical (unpaired) electrons. The smallest absolute Gasteiger partial charge is 0.265 e. The summed E-state index contributed by atoms with van der Waals surface area (Å²) in [5.74, 6) is 0.181. The van der Waals surface area contributed by atoms with E-state index >= 15 is 0 Å². The van der Waals surface area contributed by atoms with E-state index in [2.05, 4.69) is 15.6 Å². The van der Waals surface area contributed by atoms with Gasteiger partial charge < -0.3 is 21.5 Å². The fourth-order valence-corrected chi connectivity index (χ4v) is 3.09. The van der Waals surface area contributed by atoms with E-state index < -0.39 is 0 Å². The first kappa shape index (κ1) is 14.1. The summed E-state index contributed by atoms with van der Waals surface area (Å²) >= 11 is 1.23. The number of thiazole rings is 1. The highest BCUT2D eigenvalue weighted by molar-refractivity contribution is 7.18. The summed E-state index contributed by atoms with van der Waals surface area (Å²) in [6.07, 6.45) is 3.67. The Labute approximate surface area is 116 Å². The Balaban J connectivity index is 1.91. The van der Waals surface area contributed by atoms with E-state index in [1.165, 1.54) is 11.3 Å². The van der Waals surface area contributed by atoms with Gasteiger partial charge in [-0.25, -0.2) is 4.98 Å². The lowest BCUT2D eigenvalue weighted by atomic mass is 9.86. The molecule has 7 heteroatoms. The number of rotatable bonds is 4. The second kappa shape index (κ2) is 6.21. The van der Waals surface area contributed by atoms with Crippen molar-refractivity contribution < 1.29 is 9.90 Å². The Bertz CT molecular complexity index is 449. The van der Waals surface area contributed by atoms with Crippen LogP contribution < -0.4 is 16.4 Å². The van der Waals surface area contributed by atoms with Crippen molar-refractivity contribution in [3.05, 3.63) is 4.88 Å². The average molecular weight is 284 g/mol. The Morgan fingerprint density at radius 3 is 2.89 bits per heavy atom. The second-order valence-corrected chi connectivity index (χ2v) is 5.80. The second-order valence-electron chi connectivity index (χ2n) is 4.81. The standard InChI is InChI=1S/C12H20N4O2S/c1-14-12-16-10(13)9(19-12)11(18)15-6-7-4-2-3-5-8(7)17/h7-8,17H,2-6,13H2,1H3,(H,14,16)(H,15,18). The predicted octanol–water partition coefficient (Wildman–Crippen LogP) is 1.05. The van der Waals surface area contributed by atoms with Crippen LogP contribution in [0.25, 0.3) is 0 Å². The van der Waals surface area contributed by atoms with Gasteiger partial charge in [-0.2, -0.15) is 0 Å². The number of nitrogens with zero attached hydrogens (tertiary/aromatic N) is 1. The number of hydrogen-bond acceptors (Lipinski definition) is 6. The molecule has 1 amide bonds. The SMILES string of the molecule is CNc1nc(N)c(C(=O)NCC2CCCCC2O)s1. The molecule has 2 rings (SSSR count). The number of aliphatic hydroxyl groups is 1. The summed E-state index contributed by atoms with van der Waals surface area (Å²) in [5.41, 5.74) is 5.70. The Kier molecular flexibility index (Phi) is 4.60. The number of nitrogens with two attached hydrogens (primary N) is 1. The van der Waals surface area contributed by atoms with Crippen molar-refractivity contribution in [2.45, 2.75) is 31.8 Å². The summed E-state index contributed by atoms with van der Waals surface area (Å²) in [7, 11) is 1.73. The van der Waals surface area contributed by atoms with Gasteiger partial charge in [0.1, 0.15) is 10.7 Å². The molecule has 1 aromatic rings. The minimum atomic E-state index is -0.305. The summed E-state index contributed by atoms with van der Waals surface area (Å²) in [5, 5.41) is 16.2. The van der Waals surface area contributed by atoms with Crippen LogP contribution >= 0.6 is 11.3 Å². The molecule has 1 fully saturated rings. The third-order valence-corrected chi connectivity index (χ3v) is 4.55. The quantitative estimate of drug-likeness (QED) is 0.662. The molecule has 0 spiro atoms. The highest BCUT2D eigenvalue weighted by atomic mass is 32.1. The van der Waals surface area contributed by atoms with Gasteiger partial charge in [-0.05, 0) is 12.8 Å². The largest absolute Gasteiger partial charge is 0.393 e. The fraction of sp³-hybridized carbons (Fsp3) is 0.667. The van der Waals surface area contributed by atoms with Crippen molar-refractivity contribution in [1.29, 1.82) is 0 Å². The maximum atomic E-state index is 12.0. The summed E-state index contributed by atoms with van der Waals surface area (Å²) in [4.78, 5) is 16.5. The van der Waals surface area contributed by atoms with Crippen LogP contribution in [0.3, 0.4) is 0 Å². The lowest BCUT2D eigenvalue weighted by Crippen LogP contribution is -2.36. The lowest BCUT2D eigenvalue weighted by Gasteiger charge is -2.27. The molecular weight excluding hydrogens is 264 g/mol. The van der Waals surface area contributed by atoms with Crippen LogP contribution in [0, 0.1) is 5.92 Å². The van der Waals surface area contributed by atoms with Crippen LogP contribution in [0.2, 0.25) is 0 Å². The van der Waals surface area contributed by atoms with Crippen LogP contribution in [0.1, 0.15) is 35.4 Å². The molecule has 0 aromatic carbocycles. The maximum absolute atomic E-state index is 12.0. The molecule has 1 saturated carbocycles. The molecule has 0 aliphatic heterocycles. The molecule has 1 aromatic heterocycles. The number of hydrogen-bond donors (Lipinski definition) is 4. The van der Waals surface area contributed by atoms with Crippen molar-refractivity contribution in [2.75, 3.05) is 24.6 Å². The van der Waals surface area contributed by atoms with Crippen LogP contribution in [0.4, 0.5) is 10.9 Å². The number of aliphatic hydroxyl groups excluding tert-OH is 1. The van der Waals surface area contributed by atoms with Gasteiger partial charge in [-0.3, -0.25) is 4.79 Å². The number of carbonyl (C=O) groups excluding carboxylic acids is 1. The number of nitrogen functional groups attached to an aromatic ring is 1. The third-order valence-electron chi connectivity index (χ3n) is 3.47. The van der Waals surface area contributed by atoms with Gasteiger partial charge in [-0.1, -0.05) is 24.2 Å². The normalized spacial score (nSPS) is 23.1. The Morgan fingerprint density at radius 2 is 2.26 bits per heavy atom. The van der Waals surface area contributed by atoms with Crippen molar-refractivity contribution in [1.82, 2.24) is 10.3 Å². The first-order valence-electron chi connectivity index (χ1n) is 6.52. The molecule has 0 saturated heterocycles. The minimum absolute atomic E-state index is 0.149. The number of aromatic nitrogens is 1. The van der Waals surface area contributed by atoms with Gasteiger partial charge in [0.25, 0.3) is 5.91 Å². The maximum Gasteiger partial charge on any atom is 0.265 e. The zero-order valence-electron chi connectivity index (χ0n) is 11.0. The van der Waals surface area contributed by atoms with Crippen molar-refractivity contribution in [3.63, 3.8) is 0 Å². The molecule has 19 heavy (non-hydrogen) atoms. The van der Waals surface area contributed by atoms with E-state index in [4.69, 9.17) is 5.73 Å². The topological polar surface area (TPSA) is 100 Å². The van der Waals surface area contributed by atoms with Crippen LogP contribution in [-0.2, 0) is 0 Å². The van der Waals surface area contributed by atoms with Gasteiger partial charge in [0.15, 0.2) is 5.13 Å². The highest BCUT2D eigenvalue weighted by Gasteiger charge is 2.24. The molecule has 5 N–H and O–H groups in total. The summed E-state index contributed by atoms with van der Waals surface area (Å²) < 4.78 is 0. The zero-order valence-corrected chi connectivity index (χ0v) is 11.8. The number of nitrogens with one attached hydrogen (secondary N) is 2. The van der Waals surface area contributed by atoms with Crippen LogP contribution in [-0.4, -0.2) is 35.7 Å². The van der Waals surface area contributed by atoms with Gasteiger partial charge >= 0.3 is 0 Å². The third kappa shape index (κ3) is 3.36. The summed E-state index contributed by atoms with van der Waals surface area (Å²) in [6, 6.07) is 0. The molecule has 0 bridgehead atoms. The van der Waals surface area contributed by atoms with E-state index in [1.807, 2.05) is 0 Å². The highest BCUT2D eigenvalue weighted by Crippen LogP contribution is 2.26. The first-order chi connectivity index (χ1) is 9.11. The van der Waals surface area contributed by atoms with E-state index in [0.29, 0.717) is 16.6 Å². The molecule has 1 aliphatic carbocycles. The monoisotopic (exact) mass is 284 g/mol. The van der Waals surface area contributed by atoms with Crippen molar-refractivity contribution in [2.24, 2.45) is 5.92 Å². The van der Waals surface area contributed by atoms with E-state index in [1.54, 1.807) is 7.05 Å². The van der Waals surface area contributed by atoms with Gasteiger partial charge in [-0.15, -0.1) is 0 Å². The van der Waals surface area contributed by atoms with E-state index in [9.17, 15) is 9.90 Å². The Hall–Kier alpha value is -1.34. The Morgan fingerprint density at radius 1 is 1.53 bits per heavy atom. The molecule has 1 aliphatic rings. The average Bonchev–Trinajstić information content (AvgIpc) is 2.79. The number of amides is 1. The van der Waals surface area contributed by atoms with Crippen LogP contribution in [0.5, 0.6) is 0 Å². The minimum Gasteiger partial charge on any atom is -0.393 e. The molecular formula is C12H20N4O2S. The van der Waals surface area contributed by atoms with Crippen LogP contribution in [0.15, 0.2) is 0 Å². The number of carbonyl (C=O) groups is 1. The predicted molar refractivity (Wildman–Crippen MR) is 76.4 cm³/mol. The van der Waals surface area contributed by atoms with E-state index in [-0.39, 0.29) is 23.7 Å². The zero-order chi connectivity index (χ0) is 13.8. The molecule has 2 unspecified atom stereocenters. The van der Waals surface area contributed by atoms with E-state index in [0.717, 1.165) is 25.7 Å².